The summed E-state index contributed by atoms with van der Waals surface area (Å²) in [7, 11) is 0. The summed E-state index contributed by atoms with van der Waals surface area (Å²) in [6.07, 6.45) is 5.76. The summed E-state index contributed by atoms with van der Waals surface area (Å²) in [6, 6.07) is 18.9. The van der Waals surface area contributed by atoms with Crippen LogP contribution in [0.3, 0.4) is 0 Å². The van der Waals surface area contributed by atoms with E-state index in [4.69, 9.17) is 4.74 Å². The molecule has 3 nitrogen and oxygen atoms in total. The lowest BCUT2D eigenvalue weighted by Gasteiger charge is -2.19. The molecule has 0 heterocycles. The molecule has 0 N–H and O–H groups in total. The van der Waals surface area contributed by atoms with E-state index in [9.17, 15) is 9.59 Å². The van der Waals surface area contributed by atoms with Crippen LogP contribution in [-0.4, -0.2) is 11.6 Å². The third-order valence-electron chi connectivity index (χ3n) is 3.90. The van der Waals surface area contributed by atoms with Gasteiger partial charge in [0.2, 0.25) is 0 Å². The maximum atomic E-state index is 12.3. The van der Waals surface area contributed by atoms with Crippen LogP contribution in [0, 0.1) is 5.92 Å². The van der Waals surface area contributed by atoms with Gasteiger partial charge in [-0.05, 0) is 30.2 Å². The highest BCUT2D eigenvalue weighted by Crippen LogP contribution is 2.25. The lowest BCUT2D eigenvalue weighted by atomic mass is 9.88. The topological polar surface area (TPSA) is 43.4 Å². The Balaban J connectivity index is 1.64. The molecule has 24 heavy (non-hydrogen) atoms. The number of hydrogen-bond donors (Lipinski definition) is 0. The van der Waals surface area contributed by atoms with E-state index in [1.807, 2.05) is 60.7 Å². The number of para-hydroxylation sites is 1. The molecular weight excluding hydrogens is 300 g/mol. The minimum Gasteiger partial charge on any atom is -0.462 e. The Morgan fingerprint density at radius 3 is 2.33 bits per heavy atom. The van der Waals surface area contributed by atoms with Crippen LogP contribution in [0.1, 0.15) is 18.4 Å². The smallest absolute Gasteiger partial charge is 0.169 e. The van der Waals surface area contributed by atoms with Crippen molar-refractivity contribution in [2.75, 3.05) is 0 Å². The molecule has 0 bridgehead atoms. The maximum absolute atomic E-state index is 12.3. The third-order valence-corrected chi connectivity index (χ3v) is 3.90. The van der Waals surface area contributed by atoms with E-state index in [1.165, 1.54) is 12.2 Å². The van der Waals surface area contributed by atoms with Crippen molar-refractivity contribution in [1.82, 2.24) is 0 Å². The van der Waals surface area contributed by atoms with Crippen LogP contribution < -0.4 is 4.74 Å². The first-order chi connectivity index (χ1) is 11.7. The van der Waals surface area contributed by atoms with Crippen molar-refractivity contribution < 1.29 is 14.3 Å². The first kappa shape index (κ1) is 15.9. The third kappa shape index (κ3) is 4.07. The standard InChI is InChI=1S/C21H18O3/c22-20(14-11-16-7-3-1-4-8-16)19-13-12-18(15-21(19)23)24-17-9-5-2-6-10-17/h1-11,14-15,19H,12-13H2. The highest BCUT2D eigenvalue weighted by molar-refractivity contribution is 6.13. The molecule has 3 heteroatoms. The quantitative estimate of drug-likeness (QED) is 0.612. The van der Waals surface area contributed by atoms with Crippen LogP contribution >= 0.6 is 0 Å². The van der Waals surface area contributed by atoms with Crippen molar-refractivity contribution in [2.45, 2.75) is 12.8 Å². The molecule has 1 unspecified atom stereocenters. The number of allylic oxidation sites excluding steroid dienone is 3. The summed E-state index contributed by atoms with van der Waals surface area (Å²) >= 11 is 0. The Bertz CT molecular complexity index is 773. The van der Waals surface area contributed by atoms with Crippen molar-refractivity contribution >= 4 is 17.6 Å². The Morgan fingerprint density at radius 2 is 1.67 bits per heavy atom. The number of hydrogen-bond acceptors (Lipinski definition) is 3. The SMILES string of the molecule is O=C(C=Cc1ccccc1)C1CCC(Oc2ccccc2)=CC1=O. The van der Waals surface area contributed by atoms with Gasteiger partial charge in [0.25, 0.3) is 0 Å². The van der Waals surface area contributed by atoms with Crippen molar-refractivity contribution in [2.24, 2.45) is 5.92 Å². The summed E-state index contributed by atoms with van der Waals surface area (Å²) in [5.74, 6) is 0.370. The Kier molecular flexibility index (Phi) is 5.02. The lowest BCUT2D eigenvalue weighted by Crippen LogP contribution is -2.25. The molecule has 1 aliphatic carbocycles. The van der Waals surface area contributed by atoms with Gasteiger partial charge in [-0.25, -0.2) is 0 Å². The zero-order valence-electron chi connectivity index (χ0n) is 13.2. The van der Waals surface area contributed by atoms with Crippen LogP contribution in [0.4, 0.5) is 0 Å². The highest BCUT2D eigenvalue weighted by atomic mass is 16.5. The second kappa shape index (κ2) is 7.55. The number of rotatable bonds is 5. The van der Waals surface area contributed by atoms with Gasteiger partial charge in [-0.15, -0.1) is 0 Å². The molecule has 0 radical (unpaired) electrons. The summed E-state index contributed by atoms with van der Waals surface area (Å²) < 4.78 is 5.69. The molecule has 1 atom stereocenters. The van der Waals surface area contributed by atoms with Crippen molar-refractivity contribution in [1.29, 1.82) is 0 Å². The summed E-state index contributed by atoms with van der Waals surface area (Å²) in [5, 5.41) is 0. The number of benzene rings is 2. The van der Waals surface area contributed by atoms with Gasteiger partial charge in [0, 0.05) is 12.5 Å². The maximum Gasteiger partial charge on any atom is 0.169 e. The van der Waals surface area contributed by atoms with E-state index in [0.717, 1.165) is 5.56 Å². The minimum absolute atomic E-state index is 0.154. The number of ether oxygens (including phenoxy) is 1. The fourth-order valence-corrected chi connectivity index (χ4v) is 2.62. The molecule has 0 saturated carbocycles. The van der Waals surface area contributed by atoms with Crippen molar-refractivity contribution in [3.63, 3.8) is 0 Å². The van der Waals surface area contributed by atoms with Crippen molar-refractivity contribution in [3.05, 3.63) is 84.1 Å². The van der Waals surface area contributed by atoms with Gasteiger partial charge in [0.1, 0.15) is 11.5 Å². The molecule has 120 valence electrons. The number of carbonyl (C=O) groups is 2. The van der Waals surface area contributed by atoms with Gasteiger partial charge >= 0.3 is 0 Å². The fraction of sp³-hybridized carbons (Fsp3) is 0.143. The Labute approximate surface area is 141 Å². The summed E-state index contributed by atoms with van der Waals surface area (Å²) in [6.45, 7) is 0. The first-order valence-electron chi connectivity index (χ1n) is 7.97. The molecule has 2 aromatic carbocycles. The fourth-order valence-electron chi connectivity index (χ4n) is 2.62. The molecule has 0 aromatic heterocycles. The highest BCUT2D eigenvalue weighted by Gasteiger charge is 2.28. The minimum atomic E-state index is -0.604. The molecular formula is C21H18O3. The Hall–Kier alpha value is -2.94. The average molecular weight is 318 g/mol. The summed E-state index contributed by atoms with van der Waals surface area (Å²) in [4.78, 5) is 24.5. The van der Waals surface area contributed by atoms with Gasteiger partial charge in [0.05, 0.1) is 5.92 Å². The van der Waals surface area contributed by atoms with E-state index in [2.05, 4.69) is 0 Å². The van der Waals surface area contributed by atoms with Gasteiger partial charge in [0.15, 0.2) is 11.6 Å². The molecule has 0 fully saturated rings. The molecule has 0 saturated heterocycles. The van der Waals surface area contributed by atoms with Crippen LogP contribution in [0.25, 0.3) is 6.08 Å². The first-order valence-corrected chi connectivity index (χ1v) is 7.97. The van der Waals surface area contributed by atoms with Gasteiger partial charge in [-0.3, -0.25) is 9.59 Å². The molecule has 1 aliphatic rings. The molecule has 0 spiro atoms. The van der Waals surface area contributed by atoms with E-state index in [-0.39, 0.29) is 11.6 Å². The number of ketones is 2. The predicted octanol–water partition coefficient (Wildman–Crippen LogP) is 4.21. The average Bonchev–Trinajstić information content (AvgIpc) is 2.61. The second-order valence-corrected chi connectivity index (χ2v) is 5.67. The van der Waals surface area contributed by atoms with Gasteiger partial charge in [-0.1, -0.05) is 54.6 Å². The van der Waals surface area contributed by atoms with Crippen LogP contribution in [0.15, 0.2) is 78.6 Å². The van der Waals surface area contributed by atoms with Gasteiger partial charge in [-0.2, -0.15) is 0 Å². The van der Waals surface area contributed by atoms with E-state index < -0.39 is 5.92 Å². The number of carbonyl (C=O) groups excluding carboxylic acids is 2. The van der Waals surface area contributed by atoms with Crippen molar-refractivity contribution in [3.8, 4) is 5.75 Å². The van der Waals surface area contributed by atoms with Gasteiger partial charge < -0.3 is 4.74 Å². The molecule has 0 aliphatic heterocycles. The molecule has 2 aromatic rings. The van der Waals surface area contributed by atoms with E-state index in [1.54, 1.807) is 6.08 Å². The predicted molar refractivity (Wildman–Crippen MR) is 93.4 cm³/mol. The van der Waals surface area contributed by atoms with E-state index >= 15 is 0 Å². The van der Waals surface area contributed by atoms with Crippen LogP contribution in [0.2, 0.25) is 0 Å². The zero-order chi connectivity index (χ0) is 16.8. The molecule has 3 rings (SSSR count). The monoisotopic (exact) mass is 318 g/mol. The normalized spacial score (nSPS) is 17.6. The summed E-state index contributed by atoms with van der Waals surface area (Å²) in [5.41, 5.74) is 0.942. The van der Waals surface area contributed by atoms with E-state index in [0.29, 0.717) is 24.4 Å². The Morgan fingerprint density at radius 1 is 1.00 bits per heavy atom. The van der Waals surface area contributed by atoms with Crippen LogP contribution in [-0.2, 0) is 9.59 Å². The lowest BCUT2D eigenvalue weighted by molar-refractivity contribution is -0.128. The van der Waals surface area contributed by atoms with Crippen LogP contribution in [0.5, 0.6) is 5.75 Å². The second-order valence-electron chi connectivity index (χ2n) is 5.67. The largest absolute Gasteiger partial charge is 0.462 e. The zero-order valence-corrected chi connectivity index (χ0v) is 13.2. The molecule has 0 amide bonds.